The number of fused-ring (bicyclic) bond motifs is 1. The highest BCUT2D eigenvalue weighted by Gasteiger charge is 2.36. The quantitative estimate of drug-likeness (QED) is 0.895. The van der Waals surface area contributed by atoms with E-state index in [1.54, 1.807) is 0 Å². The van der Waals surface area contributed by atoms with Crippen molar-refractivity contribution in [2.24, 2.45) is 11.8 Å². The zero-order valence-corrected chi connectivity index (χ0v) is 14.3. The monoisotopic (exact) mass is 314 g/mol. The zero-order valence-electron chi connectivity index (χ0n) is 14.3. The fourth-order valence-electron chi connectivity index (χ4n) is 4.74. The van der Waals surface area contributed by atoms with Crippen molar-refractivity contribution in [1.82, 2.24) is 10.3 Å². The van der Waals surface area contributed by atoms with Gasteiger partial charge in [0.05, 0.1) is 0 Å². The Bertz CT molecular complexity index is 514. The molecule has 4 heteroatoms. The number of hydrogen-bond acceptors (Lipinski definition) is 4. The lowest BCUT2D eigenvalue weighted by Gasteiger charge is -2.29. The molecule has 3 fully saturated rings. The minimum atomic E-state index is 0.526. The molecule has 2 N–H and O–H groups in total. The molecule has 3 atom stereocenters. The molecule has 0 bridgehead atoms. The minimum Gasteiger partial charge on any atom is -0.369 e. The van der Waals surface area contributed by atoms with Gasteiger partial charge in [-0.2, -0.15) is 0 Å². The van der Waals surface area contributed by atoms with Crippen LogP contribution in [-0.2, 0) is 0 Å². The van der Waals surface area contributed by atoms with Crippen molar-refractivity contribution in [2.45, 2.75) is 57.5 Å². The molecule has 3 aliphatic rings. The molecule has 1 aliphatic carbocycles. The molecule has 0 radical (unpaired) electrons. The second-order valence-corrected chi connectivity index (χ2v) is 7.74. The van der Waals surface area contributed by atoms with Crippen molar-refractivity contribution in [2.75, 3.05) is 29.9 Å². The largest absolute Gasteiger partial charge is 0.369 e. The zero-order chi connectivity index (χ0) is 15.6. The summed E-state index contributed by atoms with van der Waals surface area (Å²) in [5.41, 5.74) is 1.33. The predicted molar refractivity (Wildman–Crippen MR) is 96.0 cm³/mol. The molecular weight excluding hydrogens is 284 g/mol. The molecule has 0 amide bonds. The molecule has 0 aromatic carbocycles. The van der Waals surface area contributed by atoms with Crippen LogP contribution in [0.1, 0.15) is 45.4 Å². The number of hydrogen-bond donors (Lipinski definition) is 2. The van der Waals surface area contributed by atoms with E-state index in [1.165, 1.54) is 57.3 Å². The summed E-state index contributed by atoms with van der Waals surface area (Å²) < 4.78 is 0. The average molecular weight is 314 g/mol. The Kier molecular flexibility index (Phi) is 4.43. The smallest absolute Gasteiger partial charge is 0.128 e. The molecule has 126 valence electrons. The summed E-state index contributed by atoms with van der Waals surface area (Å²) in [5.74, 6) is 2.69. The maximum Gasteiger partial charge on any atom is 0.128 e. The molecule has 3 heterocycles. The Morgan fingerprint density at radius 2 is 2.09 bits per heavy atom. The average Bonchev–Trinajstić information content (AvgIpc) is 3.17. The number of nitrogens with zero attached hydrogens (tertiary/aromatic N) is 2. The van der Waals surface area contributed by atoms with Crippen molar-refractivity contribution in [3.05, 3.63) is 18.3 Å². The van der Waals surface area contributed by atoms with E-state index >= 15 is 0 Å². The topological polar surface area (TPSA) is 40.2 Å². The van der Waals surface area contributed by atoms with Gasteiger partial charge in [-0.05, 0) is 50.6 Å². The van der Waals surface area contributed by atoms with Gasteiger partial charge < -0.3 is 15.5 Å². The highest BCUT2D eigenvalue weighted by molar-refractivity contribution is 5.55. The molecule has 0 spiro atoms. The fraction of sp³-hybridized carbons (Fsp3) is 0.737. The van der Waals surface area contributed by atoms with Gasteiger partial charge >= 0.3 is 0 Å². The van der Waals surface area contributed by atoms with Crippen LogP contribution in [0.5, 0.6) is 0 Å². The highest BCUT2D eigenvalue weighted by Crippen LogP contribution is 2.31. The van der Waals surface area contributed by atoms with Gasteiger partial charge in [0, 0.05) is 43.1 Å². The van der Waals surface area contributed by atoms with Gasteiger partial charge in [-0.3, -0.25) is 0 Å². The lowest BCUT2D eigenvalue weighted by Crippen LogP contribution is -2.30. The van der Waals surface area contributed by atoms with Gasteiger partial charge in [0.1, 0.15) is 5.82 Å². The number of anilines is 2. The molecule has 1 aromatic heterocycles. The molecule has 2 aliphatic heterocycles. The van der Waals surface area contributed by atoms with E-state index in [-0.39, 0.29) is 0 Å². The minimum absolute atomic E-state index is 0.526. The Morgan fingerprint density at radius 3 is 2.91 bits per heavy atom. The van der Waals surface area contributed by atoms with Crippen LogP contribution in [0, 0.1) is 11.8 Å². The van der Waals surface area contributed by atoms with E-state index < -0.39 is 0 Å². The Hall–Kier alpha value is -1.29. The third-order valence-electron chi connectivity index (χ3n) is 6.20. The van der Waals surface area contributed by atoms with E-state index in [0.29, 0.717) is 12.1 Å². The van der Waals surface area contributed by atoms with Gasteiger partial charge in [-0.25, -0.2) is 4.98 Å². The van der Waals surface area contributed by atoms with Gasteiger partial charge in [0.15, 0.2) is 0 Å². The molecule has 0 unspecified atom stereocenters. The second kappa shape index (κ2) is 6.68. The van der Waals surface area contributed by atoms with E-state index in [1.807, 2.05) is 6.20 Å². The summed E-state index contributed by atoms with van der Waals surface area (Å²) in [6.45, 7) is 5.87. The maximum absolute atomic E-state index is 4.56. The molecule has 1 saturated carbocycles. The van der Waals surface area contributed by atoms with Crippen LogP contribution in [0.4, 0.5) is 11.5 Å². The predicted octanol–water partition coefficient (Wildman–Crippen LogP) is 3.26. The SMILES string of the molecule is C[C@@H](Nc1cc(N2C[C@H]3CCN[C@H]3C2)ccn1)C1CCCCC1. The first kappa shape index (κ1) is 15.3. The number of aromatic nitrogens is 1. The third kappa shape index (κ3) is 3.32. The fourth-order valence-corrected chi connectivity index (χ4v) is 4.74. The van der Waals surface area contributed by atoms with Gasteiger partial charge in [0.25, 0.3) is 0 Å². The summed E-state index contributed by atoms with van der Waals surface area (Å²) in [6.07, 6.45) is 10.2. The summed E-state index contributed by atoms with van der Waals surface area (Å²) in [6, 6.07) is 5.64. The van der Waals surface area contributed by atoms with Crippen molar-refractivity contribution in [1.29, 1.82) is 0 Å². The second-order valence-electron chi connectivity index (χ2n) is 7.74. The van der Waals surface area contributed by atoms with Crippen LogP contribution >= 0.6 is 0 Å². The first-order chi connectivity index (χ1) is 11.3. The van der Waals surface area contributed by atoms with Crippen molar-refractivity contribution in [3.8, 4) is 0 Å². The van der Waals surface area contributed by atoms with E-state index in [9.17, 15) is 0 Å². The molecule has 1 aromatic rings. The lowest BCUT2D eigenvalue weighted by molar-refractivity contribution is 0.328. The standard InChI is InChI=1S/C19H30N4/c1-14(15-5-3-2-4-6-15)22-19-11-17(8-10-21-19)23-12-16-7-9-20-18(16)13-23/h8,10-11,14-16,18,20H,2-7,9,12-13H2,1H3,(H,21,22)/t14-,16-,18+/m1/s1. The maximum atomic E-state index is 4.56. The van der Waals surface area contributed by atoms with Gasteiger partial charge in [-0.15, -0.1) is 0 Å². The Morgan fingerprint density at radius 1 is 1.22 bits per heavy atom. The van der Waals surface area contributed by atoms with Crippen molar-refractivity contribution in [3.63, 3.8) is 0 Å². The first-order valence-electron chi connectivity index (χ1n) is 9.50. The van der Waals surface area contributed by atoms with Crippen molar-refractivity contribution >= 4 is 11.5 Å². The van der Waals surface area contributed by atoms with Crippen LogP contribution in [0.25, 0.3) is 0 Å². The molecule has 4 rings (SSSR count). The normalized spacial score (nSPS) is 29.5. The Labute approximate surface area is 140 Å². The number of nitrogens with one attached hydrogen (secondary N) is 2. The van der Waals surface area contributed by atoms with E-state index in [0.717, 1.165) is 24.2 Å². The lowest BCUT2D eigenvalue weighted by atomic mass is 9.84. The van der Waals surface area contributed by atoms with E-state index in [2.05, 4.69) is 39.6 Å². The molecular formula is C19H30N4. The third-order valence-corrected chi connectivity index (χ3v) is 6.20. The summed E-state index contributed by atoms with van der Waals surface area (Å²) in [5, 5.41) is 7.31. The molecule has 2 saturated heterocycles. The summed E-state index contributed by atoms with van der Waals surface area (Å²) in [4.78, 5) is 7.09. The van der Waals surface area contributed by atoms with Crippen LogP contribution in [0.3, 0.4) is 0 Å². The van der Waals surface area contributed by atoms with Gasteiger partial charge in [-0.1, -0.05) is 19.3 Å². The molecule has 4 nitrogen and oxygen atoms in total. The number of pyridine rings is 1. The van der Waals surface area contributed by atoms with E-state index in [4.69, 9.17) is 0 Å². The van der Waals surface area contributed by atoms with Crippen LogP contribution in [0.15, 0.2) is 18.3 Å². The van der Waals surface area contributed by atoms with Crippen LogP contribution in [0.2, 0.25) is 0 Å². The highest BCUT2D eigenvalue weighted by atomic mass is 15.2. The van der Waals surface area contributed by atoms with Crippen molar-refractivity contribution < 1.29 is 0 Å². The molecule has 23 heavy (non-hydrogen) atoms. The van der Waals surface area contributed by atoms with Crippen LogP contribution in [-0.4, -0.2) is 36.7 Å². The van der Waals surface area contributed by atoms with Gasteiger partial charge in [0.2, 0.25) is 0 Å². The number of rotatable bonds is 4. The Balaban J connectivity index is 1.40. The summed E-state index contributed by atoms with van der Waals surface area (Å²) in [7, 11) is 0. The first-order valence-corrected chi connectivity index (χ1v) is 9.50. The summed E-state index contributed by atoms with van der Waals surface area (Å²) >= 11 is 0. The van der Waals surface area contributed by atoms with Crippen LogP contribution < -0.4 is 15.5 Å².